The van der Waals surface area contributed by atoms with E-state index >= 15 is 0 Å². The van der Waals surface area contributed by atoms with E-state index in [0.29, 0.717) is 0 Å². The number of nitrogens with one attached hydrogen (secondary N) is 1. The third-order valence-corrected chi connectivity index (χ3v) is 5.63. The third kappa shape index (κ3) is 2.55. The predicted molar refractivity (Wildman–Crippen MR) is 84.0 cm³/mol. The molecule has 4 aliphatic rings. The van der Waals surface area contributed by atoms with Crippen molar-refractivity contribution in [3.8, 4) is 5.75 Å². The van der Waals surface area contributed by atoms with Gasteiger partial charge in [0.25, 0.3) is 0 Å². The van der Waals surface area contributed by atoms with Crippen molar-refractivity contribution in [3.05, 3.63) is 24.3 Å². The first-order valence-corrected chi connectivity index (χ1v) is 8.28. The van der Waals surface area contributed by atoms with Crippen molar-refractivity contribution in [2.75, 3.05) is 12.4 Å². The topological polar surface area (TPSA) is 47.6 Å². The molecule has 4 heteroatoms. The van der Waals surface area contributed by atoms with Crippen LogP contribution in [0.1, 0.15) is 38.5 Å². The molecule has 4 aliphatic carbocycles. The van der Waals surface area contributed by atoms with Crippen LogP contribution in [0.25, 0.3) is 0 Å². The van der Waals surface area contributed by atoms with Gasteiger partial charge in [0.1, 0.15) is 11.4 Å². The molecule has 1 aromatic carbocycles. The lowest BCUT2D eigenvalue weighted by molar-refractivity contribution is -0.124. The lowest BCUT2D eigenvalue weighted by Crippen LogP contribution is -2.53. The summed E-state index contributed by atoms with van der Waals surface area (Å²) in [4.78, 5) is 12.3. The quantitative estimate of drug-likeness (QED) is 0.909. The van der Waals surface area contributed by atoms with Crippen LogP contribution in [-0.4, -0.2) is 18.8 Å². The van der Waals surface area contributed by atoms with Gasteiger partial charge in [0.15, 0.2) is 0 Å². The van der Waals surface area contributed by atoms with Crippen LogP contribution in [0.5, 0.6) is 5.75 Å². The Bertz CT molecular complexity index is 531. The summed E-state index contributed by atoms with van der Waals surface area (Å²) in [5.41, 5.74) is 0.557. The zero-order valence-electron chi connectivity index (χ0n) is 13.0. The van der Waals surface area contributed by atoms with Crippen LogP contribution in [0.3, 0.4) is 0 Å². The van der Waals surface area contributed by atoms with Crippen molar-refractivity contribution in [1.82, 2.24) is 0 Å². The van der Waals surface area contributed by atoms with E-state index in [-0.39, 0.29) is 11.7 Å². The van der Waals surface area contributed by atoms with Gasteiger partial charge in [0.05, 0.1) is 7.11 Å². The number of anilines is 1. The summed E-state index contributed by atoms with van der Waals surface area (Å²) in [7, 11) is 1.63. The van der Waals surface area contributed by atoms with E-state index in [1.165, 1.54) is 19.3 Å². The highest BCUT2D eigenvalue weighted by Gasteiger charge is 2.53. The Morgan fingerprint density at radius 1 is 1.05 bits per heavy atom. The van der Waals surface area contributed by atoms with E-state index < -0.39 is 0 Å². The first kappa shape index (κ1) is 13.9. The molecule has 118 valence electrons. The lowest BCUT2D eigenvalue weighted by atomic mass is 9.54. The summed E-state index contributed by atoms with van der Waals surface area (Å²) >= 11 is 0. The highest BCUT2D eigenvalue weighted by atomic mass is 16.6. The summed E-state index contributed by atoms with van der Waals surface area (Å²) in [6.45, 7) is 0. The highest BCUT2D eigenvalue weighted by molar-refractivity contribution is 5.85. The second-order valence-electron chi connectivity index (χ2n) is 7.34. The summed E-state index contributed by atoms with van der Waals surface area (Å²) in [6, 6.07) is 7.33. The normalized spacial score (nSPS) is 35.2. The minimum atomic E-state index is -0.313. The van der Waals surface area contributed by atoms with Crippen molar-refractivity contribution in [3.63, 3.8) is 0 Å². The first-order valence-electron chi connectivity index (χ1n) is 8.28. The Balaban J connectivity index is 1.41. The second kappa shape index (κ2) is 5.18. The second-order valence-corrected chi connectivity index (χ2v) is 7.34. The molecule has 0 spiro atoms. The van der Waals surface area contributed by atoms with Gasteiger partial charge in [-0.1, -0.05) is 0 Å². The molecule has 4 bridgehead atoms. The smallest absolute Gasteiger partial charge is 0.412 e. The average molecular weight is 301 g/mol. The molecule has 0 atom stereocenters. The van der Waals surface area contributed by atoms with Crippen molar-refractivity contribution in [2.45, 2.75) is 44.1 Å². The Kier molecular flexibility index (Phi) is 3.28. The standard InChI is InChI=1S/C18H23NO3/c1-21-16-4-2-15(3-5-16)19-17(20)22-18-9-12-6-13(10-18)8-14(7-12)11-18/h2-5,12-14H,6-11H2,1H3,(H,19,20). The van der Waals surface area contributed by atoms with Crippen molar-refractivity contribution in [2.24, 2.45) is 17.8 Å². The number of hydrogen-bond donors (Lipinski definition) is 1. The summed E-state index contributed by atoms with van der Waals surface area (Å²) < 4.78 is 11.1. The molecule has 0 radical (unpaired) electrons. The minimum Gasteiger partial charge on any atom is -0.497 e. The number of amides is 1. The molecule has 1 aromatic rings. The molecule has 4 saturated carbocycles. The Morgan fingerprint density at radius 3 is 2.09 bits per heavy atom. The van der Waals surface area contributed by atoms with Crippen LogP contribution >= 0.6 is 0 Å². The molecule has 0 unspecified atom stereocenters. The highest BCUT2D eigenvalue weighted by Crippen LogP contribution is 2.57. The van der Waals surface area contributed by atoms with Gasteiger partial charge >= 0.3 is 6.09 Å². The summed E-state index contributed by atoms with van der Waals surface area (Å²) in [5, 5.41) is 2.85. The van der Waals surface area contributed by atoms with Crippen LogP contribution in [0.2, 0.25) is 0 Å². The van der Waals surface area contributed by atoms with E-state index in [0.717, 1.165) is 48.5 Å². The largest absolute Gasteiger partial charge is 0.497 e. The number of carbonyl (C=O) groups is 1. The molecule has 1 amide bonds. The molecule has 4 fully saturated rings. The maximum absolute atomic E-state index is 12.3. The zero-order chi connectivity index (χ0) is 15.2. The zero-order valence-corrected chi connectivity index (χ0v) is 13.0. The van der Waals surface area contributed by atoms with Crippen LogP contribution in [0.4, 0.5) is 10.5 Å². The van der Waals surface area contributed by atoms with Crippen molar-refractivity contribution >= 4 is 11.8 Å². The SMILES string of the molecule is COc1ccc(NC(=O)OC23CC4CC(CC(C4)C2)C3)cc1. The number of benzene rings is 1. The van der Waals surface area contributed by atoms with Crippen LogP contribution < -0.4 is 10.1 Å². The lowest BCUT2D eigenvalue weighted by Gasteiger charge is -2.55. The molecule has 0 aromatic heterocycles. The van der Waals surface area contributed by atoms with Crippen molar-refractivity contribution in [1.29, 1.82) is 0 Å². The van der Waals surface area contributed by atoms with Gasteiger partial charge in [0.2, 0.25) is 0 Å². The van der Waals surface area contributed by atoms with E-state index in [1.807, 2.05) is 24.3 Å². The van der Waals surface area contributed by atoms with Gasteiger partial charge in [-0.3, -0.25) is 5.32 Å². The van der Waals surface area contributed by atoms with Gasteiger partial charge in [-0.25, -0.2) is 4.79 Å². The fourth-order valence-corrected chi connectivity index (χ4v) is 5.17. The van der Waals surface area contributed by atoms with Gasteiger partial charge in [-0.2, -0.15) is 0 Å². The van der Waals surface area contributed by atoms with E-state index in [4.69, 9.17) is 9.47 Å². The minimum absolute atomic E-state index is 0.189. The third-order valence-electron chi connectivity index (χ3n) is 5.63. The monoisotopic (exact) mass is 301 g/mol. The van der Waals surface area contributed by atoms with E-state index in [1.54, 1.807) is 7.11 Å². The molecule has 1 N–H and O–H groups in total. The summed E-state index contributed by atoms with van der Waals surface area (Å²) in [6.07, 6.45) is 6.93. The number of methoxy groups -OCH3 is 1. The molecular weight excluding hydrogens is 278 g/mol. The van der Waals surface area contributed by atoms with Crippen LogP contribution in [0.15, 0.2) is 24.3 Å². The van der Waals surface area contributed by atoms with Crippen LogP contribution in [-0.2, 0) is 4.74 Å². The molecule has 0 heterocycles. The van der Waals surface area contributed by atoms with Gasteiger partial charge < -0.3 is 9.47 Å². The van der Waals surface area contributed by atoms with Crippen LogP contribution in [0, 0.1) is 17.8 Å². The van der Waals surface area contributed by atoms with Gasteiger partial charge in [-0.05, 0) is 80.5 Å². The number of hydrogen-bond acceptors (Lipinski definition) is 3. The van der Waals surface area contributed by atoms with Crippen molar-refractivity contribution < 1.29 is 14.3 Å². The first-order chi connectivity index (χ1) is 10.6. The molecule has 4 nitrogen and oxygen atoms in total. The number of rotatable bonds is 3. The fraction of sp³-hybridized carbons (Fsp3) is 0.611. The average Bonchev–Trinajstić information content (AvgIpc) is 2.45. The van der Waals surface area contributed by atoms with Gasteiger partial charge in [0, 0.05) is 5.69 Å². The fourth-order valence-electron chi connectivity index (χ4n) is 5.17. The molecule has 5 rings (SSSR count). The number of carbonyl (C=O) groups excluding carboxylic acids is 1. The number of ether oxygens (including phenoxy) is 2. The van der Waals surface area contributed by atoms with Gasteiger partial charge in [-0.15, -0.1) is 0 Å². The van der Waals surface area contributed by atoms with E-state index in [2.05, 4.69) is 5.32 Å². The maximum Gasteiger partial charge on any atom is 0.412 e. The molecule has 0 aliphatic heterocycles. The molecule has 0 saturated heterocycles. The predicted octanol–water partition coefficient (Wildman–Crippen LogP) is 4.21. The Labute approximate surface area is 131 Å². The van der Waals surface area contributed by atoms with E-state index in [9.17, 15) is 4.79 Å². The maximum atomic E-state index is 12.3. The molecular formula is C18H23NO3. The molecule has 22 heavy (non-hydrogen) atoms. The summed E-state index contributed by atoms with van der Waals surface area (Å²) in [5.74, 6) is 3.11. The Morgan fingerprint density at radius 2 is 1.59 bits per heavy atom. The Hall–Kier alpha value is -1.71.